The van der Waals surface area contributed by atoms with Crippen molar-refractivity contribution in [1.29, 1.82) is 0 Å². The summed E-state index contributed by atoms with van der Waals surface area (Å²) < 4.78 is 12.1. The summed E-state index contributed by atoms with van der Waals surface area (Å²) >= 11 is 6.78. The second-order valence-corrected chi connectivity index (χ2v) is 12.4. The maximum Gasteiger partial charge on any atom is 0.317 e. The van der Waals surface area contributed by atoms with Crippen LogP contribution in [0.4, 0.5) is 0 Å². The number of methoxy groups -OCH3 is 1. The molecule has 4 bridgehead atoms. The molecule has 0 N–H and O–H groups in total. The zero-order chi connectivity index (χ0) is 24.9. The van der Waals surface area contributed by atoms with Crippen molar-refractivity contribution < 1.29 is 19.1 Å². The molecule has 1 amide bonds. The van der Waals surface area contributed by atoms with Gasteiger partial charge in [-0.15, -0.1) is 0 Å². The van der Waals surface area contributed by atoms with Gasteiger partial charge in [-0.3, -0.25) is 14.5 Å². The van der Waals surface area contributed by atoms with E-state index in [4.69, 9.17) is 21.7 Å². The summed E-state index contributed by atoms with van der Waals surface area (Å²) in [4.78, 5) is 28.6. The number of ether oxygens (including phenoxy) is 2. The van der Waals surface area contributed by atoms with E-state index in [1.54, 1.807) is 18.1 Å². The van der Waals surface area contributed by atoms with Gasteiger partial charge in [0.25, 0.3) is 5.91 Å². The molecule has 186 valence electrons. The van der Waals surface area contributed by atoms with E-state index >= 15 is 0 Å². The maximum absolute atomic E-state index is 13.4. The molecule has 1 aliphatic heterocycles. The SMILES string of the molecule is COc1cc(/C=C2/SC(=S)N(Cc3ccccc3)C2=O)ccc1OC(=O)C12CC3CC(CC(C3)C1)C2. The number of thiocarbonyl (C=S) groups is 1. The molecule has 4 saturated carbocycles. The highest BCUT2D eigenvalue weighted by molar-refractivity contribution is 8.26. The van der Waals surface area contributed by atoms with Gasteiger partial charge in [-0.25, -0.2) is 0 Å². The number of hydrogen-bond donors (Lipinski definition) is 0. The first-order valence-corrected chi connectivity index (χ1v) is 13.8. The van der Waals surface area contributed by atoms with Crippen LogP contribution in [0.5, 0.6) is 11.5 Å². The molecule has 36 heavy (non-hydrogen) atoms. The van der Waals surface area contributed by atoms with Crippen LogP contribution < -0.4 is 9.47 Å². The monoisotopic (exact) mass is 519 g/mol. The Kier molecular flexibility index (Phi) is 6.16. The third kappa shape index (κ3) is 4.37. The molecule has 0 atom stereocenters. The van der Waals surface area contributed by atoms with E-state index in [1.807, 2.05) is 48.5 Å². The predicted molar refractivity (Wildman–Crippen MR) is 144 cm³/mol. The van der Waals surface area contributed by atoms with Crippen molar-refractivity contribution >= 4 is 46.3 Å². The van der Waals surface area contributed by atoms with Crippen LogP contribution >= 0.6 is 24.0 Å². The van der Waals surface area contributed by atoms with Crippen LogP contribution in [-0.4, -0.2) is 28.2 Å². The minimum absolute atomic E-state index is 0.102. The Morgan fingerprint density at radius 2 is 1.72 bits per heavy atom. The summed E-state index contributed by atoms with van der Waals surface area (Å²) in [6, 6.07) is 15.3. The van der Waals surface area contributed by atoms with Gasteiger partial charge in [0.2, 0.25) is 0 Å². The van der Waals surface area contributed by atoms with Crippen LogP contribution in [0.15, 0.2) is 53.4 Å². The van der Waals surface area contributed by atoms with Crippen molar-refractivity contribution in [3.05, 3.63) is 64.6 Å². The molecule has 7 rings (SSSR count). The number of esters is 1. The van der Waals surface area contributed by atoms with Crippen LogP contribution in [0.2, 0.25) is 0 Å². The van der Waals surface area contributed by atoms with E-state index in [9.17, 15) is 9.59 Å². The topological polar surface area (TPSA) is 55.8 Å². The van der Waals surface area contributed by atoms with Gasteiger partial charge in [0, 0.05) is 0 Å². The number of carbonyl (C=O) groups is 2. The van der Waals surface area contributed by atoms with Gasteiger partial charge >= 0.3 is 5.97 Å². The Morgan fingerprint density at radius 1 is 1.06 bits per heavy atom. The average molecular weight is 520 g/mol. The van der Waals surface area contributed by atoms with E-state index in [2.05, 4.69) is 0 Å². The summed E-state index contributed by atoms with van der Waals surface area (Å²) in [6.45, 7) is 0.450. The molecule has 0 aromatic heterocycles. The van der Waals surface area contributed by atoms with Crippen LogP contribution in [0, 0.1) is 23.2 Å². The molecule has 0 spiro atoms. The number of benzene rings is 2. The van der Waals surface area contributed by atoms with Gasteiger partial charge in [0.1, 0.15) is 4.32 Å². The number of hydrogen-bond acceptors (Lipinski definition) is 6. The molecule has 2 aromatic carbocycles. The fourth-order valence-electron chi connectivity index (χ4n) is 6.98. The zero-order valence-corrected chi connectivity index (χ0v) is 21.9. The number of nitrogens with zero attached hydrogens (tertiary/aromatic N) is 1. The highest BCUT2D eigenvalue weighted by atomic mass is 32.2. The fourth-order valence-corrected chi connectivity index (χ4v) is 8.24. The predicted octanol–water partition coefficient (Wildman–Crippen LogP) is 6.22. The smallest absolute Gasteiger partial charge is 0.317 e. The lowest BCUT2D eigenvalue weighted by molar-refractivity contribution is -0.161. The number of amides is 1. The molecule has 0 radical (unpaired) electrons. The second kappa shape index (κ2) is 9.34. The Balaban J connectivity index is 1.18. The lowest BCUT2D eigenvalue weighted by Crippen LogP contribution is -2.51. The number of thioether (sulfide) groups is 1. The minimum Gasteiger partial charge on any atom is -0.493 e. The van der Waals surface area contributed by atoms with Crippen molar-refractivity contribution in [3.63, 3.8) is 0 Å². The first-order valence-electron chi connectivity index (χ1n) is 12.6. The zero-order valence-electron chi connectivity index (χ0n) is 20.3. The van der Waals surface area contributed by atoms with Crippen LogP contribution in [-0.2, 0) is 16.1 Å². The first-order chi connectivity index (χ1) is 17.4. The largest absolute Gasteiger partial charge is 0.493 e. The number of rotatable bonds is 6. The fraction of sp³-hybridized carbons (Fsp3) is 0.414. The van der Waals surface area contributed by atoms with Crippen molar-refractivity contribution in [1.82, 2.24) is 4.90 Å². The standard InChI is InChI=1S/C29H29NO4S2/c1-33-24-12-19(13-25-26(31)30(28(35)36-25)17-18-5-3-2-4-6-18)7-8-23(24)34-27(32)29-14-20-9-21(15-29)11-22(10-20)16-29/h2-8,12-13,20-22H,9-11,14-17H2,1H3/b25-13+. The maximum atomic E-state index is 13.4. The lowest BCUT2D eigenvalue weighted by atomic mass is 9.49. The van der Waals surface area contributed by atoms with E-state index in [0.29, 0.717) is 45.0 Å². The van der Waals surface area contributed by atoms with Gasteiger partial charge < -0.3 is 9.47 Å². The Morgan fingerprint density at radius 3 is 2.36 bits per heavy atom. The van der Waals surface area contributed by atoms with Crippen LogP contribution in [0.3, 0.4) is 0 Å². The Labute approximate surface area is 221 Å². The van der Waals surface area contributed by atoms with Gasteiger partial charge in [0.15, 0.2) is 11.5 Å². The van der Waals surface area contributed by atoms with E-state index in [1.165, 1.54) is 31.0 Å². The molecule has 5 nitrogen and oxygen atoms in total. The highest BCUT2D eigenvalue weighted by Gasteiger charge is 2.55. The van der Waals surface area contributed by atoms with Gasteiger partial charge in [0.05, 0.1) is 24.0 Å². The Hall–Kier alpha value is -2.64. The van der Waals surface area contributed by atoms with Crippen LogP contribution in [0.1, 0.15) is 49.7 Å². The van der Waals surface area contributed by atoms with Gasteiger partial charge in [-0.2, -0.15) is 0 Å². The van der Waals surface area contributed by atoms with E-state index in [0.717, 1.165) is 30.4 Å². The Bertz CT molecular complexity index is 1220. The minimum atomic E-state index is -0.328. The summed E-state index contributed by atoms with van der Waals surface area (Å²) in [5, 5.41) is 0. The molecule has 5 aliphatic rings. The average Bonchev–Trinajstić information content (AvgIpc) is 3.12. The summed E-state index contributed by atoms with van der Waals surface area (Å²) in [5.41, 5.74) is 1.49. The molecule has 4 aliphatic carbocycles. The van der Waals surface area contributed by atoms with E-state index < -0.39 is 0 Å². The quantitative estimate of drug-likeness (QED) is 0.196. The lowest BCUT2D eigenvalue weighted by Gasteiger charge is -2.55. The van der Waals surface area contributed by atoms with E-state index in [-0.39, 0.29) is 17.3 Å². The molecule has 7 heteroatoms. The third-order valence-corrected chi connectivity index (χ3v) is 9.59. The van der Waals surface area contributed by atoms with Crippen LogP contribution in [0.25, 0.3) is 6.08 Å². The highest BCUT2D eigenvalue weighted by Crippen LogP contribution is 2.60. The van der Waals surface area contributed by atoms with Crippen molar-refractivity contribution in [2.24, 2.45) is 23.2 Å². The molecule has 1 saturated heterocycles. The summed E-state index contributed by atoms with van der Waals surface area (Å²) in [6.07, 6.45) is 8.54. The number of carbonyl (C=O) groups excluding carboxylic acids is 2. The normalized spacial score (nSPS) is 29.8. The van der Waals surface area contributed by atoms with Crippen molar-refractivity contribution in [3.8, 4) is 11.5 Å². The first kappa shape index (κ1) is 23.7. The van der Waals surface area contributed by atoms with Crippen molar-refractivity contribution in [2.75, 3.05) is 7.11 Å². The van der Waals surface area contributed by atoms with Gasteiger partial charge in [-0.1, -0.05) is 60.4 Å². The molecule has 1 heterocycles. The summed E-state index contributed by atoms with van der Waals surface area (Å²) in [7, 11) is 1.57. The second-order valence-electron chi connectivity index (χ2n) is 10.8. The molecule has 0 unspecified atom stereocenters. The molecular formula is C29H29NO4S2. The molecular weight excluding hydrogens is 490 g/mol. The third-order valence-electron chi connectivity index (χ3n) is 8.22. The molecule has 5 fully saturated rings. The van der Waals surface area contributed by atoms with Crippen molar-refractivity contribution in [2.45, 2.75) is 45.1 Å². The summed E-state index contributed by atoms with van der Waals surface area (Å²) in [5.74, 6) is 2.74. The van der Waals surface area contributed by atoms with Gasteiger partial charge in [-0.05, 0) is 85.6 Å². The molecule has 2 aromatic rings.